The highest BCUT2D eigenvalue weighted by molar-refractivity contribution is 7.09. The number of nitrogens with two attached hydrogens (primary N) is 1. The molecular formula is C14H14N4OS. The fourth-order valence-electron chi connectivity index (χ4n) is 1.74. The number of para-hydroxylation sites is 1. The van der Waals surface area contributed by atoms with Crippen molar-refractivity contribution in [2.45, 2.75) is 13.0 Å². The van der Waals surface area contributed by atoms with E-state index in [4.69, 9.17) is 11.0 Å². The Hall–Kier alpha value is -2.23. The minimum Gasteiger partial charge on any atom is -0.322 e. The van der Waals surface area contributed by atoms with Crippen LogP contribution < -0.4 is 10.6 Å². The summed E-state index contributed by atoms with van der Waals surface area (Å²) in [5, 5.41) is 11.5. The molecule has 1 atom stereocenters. The van der Waals surface area contributed by atoms with E-state index in [1.165, 1.54) is 16.2 Å². The maximum Gasteiger partial charge on any atom is 0.277 e. The molecule has 0 saturated carbocycles. The number of rotatable bonds is 3. The Balaban J connectivity index is 2.30. The molecule has 0 aliphatic heterocycles. The van der Waals surface area contributed by atoms with Crippen LogP contribution in [0, 0.1) is 11.3 Å². The lowest BCUT2D eigenvalue weighted by atomic mass is 10.2. The van der Waals surface area contributed by atoms with Gasteiger partial charge in [0.2, 0.25) is 0 Å². The van der Waals surface area contributed by atoms with Crippen molar-refractivity contribution in [3.63, 3.8) is 0 Å². The molecule has 0 aliphatic rings. The van der Waals surface area contributed by atoms with E-state index >= 15 is 0 Å². The molecule has 0 bridgehead atoms. The van der Waals surface area contributed by atoms with Crippen molar-refractivity contribution >= 4 is 22.9 Å². The third kappa shape index (κ3) is 2.69. The minimum absolute atomic E-state index is 0.196. The predicted octanol–water partition coefficient (Wildman–Crippen LogP) is 2.31. The van der Waals surface area contributed by atoms with Gasteiger partial charge in [-0.3, -0.25) is 4.79 Å². The average molecular weight is 286 g/mol. The van der Waals surface area contributed by atoms with Gasteiger partial charge in [0.15, 0.2) is 0 Å². The highest BCUT2D eigenvalue weighted by Gasteiger charge is 2.19. The standard InChI is InChI=1S/C14H14N4OS/c1-9(16)13-17-11(8-20-13)14(19)18(2)12-6-4-3-5-10(12)7-15/h3-6,8-9H,16H2,1-2H3. The second kappa shape index (κ2) is 5.82. The molecule has 1 aromatic heterocycles. The maximum atomic E-state index is 12.4. The van der Waals surface area contributed by atoms with Gasteiger partial charge in [0.05, 0.1) is 17.3 Å². The molecule has 1 heterocycles. The van der Waals surface area contributed by atoms with Crippen molar-refractivity contribution in [3.05, 3.63) is 45.9 Å². The third-order valence-electron chi connectivity index (χ3n) is 2.82. The molecule has 2 aromatic rings. The van der Waals surface area contributed by atoms with Gasteiger partial charge in [0.1, 0.15) is 16.8 Å². The normalized spacial score (nSPS) is 11.7. The topological polar surface area (TPSA) is 83.0 Å². The predicted molar refractivity (Wildman–Crippen MR) is 78.6 cm³/mol. The molecule has 0 aliphatic carbocycles. The van der Waals surface area contributed by atoms with E-state index in [0.717, 1.165) is 5.01 Å². The number of amides is 1. The summed E-state index contributed by atoms with van der Waals surface area (Å²) in [4.78, 5) is 18.0. The summed E-state index contributed by atoms with van der Waals surface area (Å²) in [6.07, 6.45) is 0. The molecule has 1 unspecified atom stereocenters. The number of benzene rings is 1. The zero-order valence-corrected chi connectivity index (χ0v) is 12.0. The van der Waals surface area contributed by atoms with Crippen LogP contribution in [0.5, 0.6) is 0 Å². The Morgan fingerprint density at radius 3 is 2.80 bits per heavy atom. The number of hydrogen-bond acceptors (Lipinski definition) is 5. The zero-order valence-electron chi connectivity index (χ0n) is 11.2. The summed E-state index contributed by atoms with van der Waals surface area (Å²) in [5.74, 6) is -0.254. The SMILES string of the molecule is CC(N)c1nc(C(=O)N(C)c2ccccc2C#N)cs1. The number of nitrogens with zero attached hydrogens (tertiary/aromatic N) is 3. The van der Waals surface area contributed by atoms with Gasteiger partial charge in [-0.05, 0) is 19.1 Å². The van der Waals surface area contributed by atoms with Gasteiger partial charge in [-0.1, -0.05) is 12.1 Å². The number of thiazole rings is 1. The Morgan fingerprint density at radius 1 is 1.50 bits per heavy atom. The molecule has 102 valence electrons. The average Bonchev–Trinajstić information content (AvgIpc) is 2.95. The van der Waals surface area contributed by atoms with E-state index in [0.29, 0.717) is 16.9 Å². The lowest BCUT2D eigenvalue weighted by molar-refractivity contribution is 0.0988. The van der Waals surface area contributed by atoms with Crippen LogP contribution in [0.15, 0.2) is 29.6 Å². The van der Waals surface area contributed by atoms with Crippen molar-refractivity contribution < 1.29 is 4.79 Å². The molecule has 0 saturated heterocycles. The fourth-order valence-corrected chi connectivity index (χ4v) is 2.49. The van der Waals surface area contributed by atoms with Gasteiger partial charge < -0.3 is 10.6 Å². The molecule has 2 N–H and O–H groups in total. The summed E-state index contributed by atoms with van der Waals surface area (Å²) >= 11 is 1.36. The molecule has 20 heavy (non-hydrogen) atoms. The van der Waals surface area contributed by atoms with E-state index in [1.807, 2.05) is 6.92 Å². The van der Waals surface area contributed by atoms with Gasteiger partial charge in [-0.15, -0.1) is 11.3 Å². The van der Waals surface area contributed by atoms with Crippen LogP contribution in [0.1, 0.15) is 34.0 Å². The first-order valence-corrected chi connectivity index (χ1v) is 6.90. The number of carbonyl (C=O) groups is 1. The molecule has 0 spiro atoms. The number of carbonyl (C=O) groups excluding carboxylic acids is 1. The van der Waals surface area contributed by atoms with Gasteiger partial charge in [-0.25, -0.2) is 4.98 Å². The van der Waals surface area contributed by atoms with Crippen molar-refractivity contribution in [1.29, 1.82) is 5.26 Å². The molecule has 2 rings (SSSR count). The number of anilines is 1. The second-order valence-electron chi connectivity index (χ2n) is 4.35. The summed E-state index contributed by atoms with van der Waals surface area (Å²) in [6, 6.07) is 8.83. The molecular weight excluding hydrogens is 272 g/mol. The quantitative estimate of drug-likeness (QED) is 0.938. The Labute approximate surface area is 121 Å². The Bertz CT molecular complexity index is 672. The first-order valence-electron chi connectivity index (χ1n) is 6.02. The van der Waals surface area contributed by atoms with E-state index in [1.54, 1.807) is 36.7 Å². The highest BCUT2D eigenvalue weighted by atomic mass is 32.1. The lowest BCUT2D eigenvalue weighted by Gasteiger charge is -2.17. The van der Waals surface area contributed by atoms with Crippen LogP contribution >= 0.6 is 11.3 Å². The van der Waals surface area contributed by atoms with E-state index in [9.17, 15) is 4.79 Å². The number of nitriles is 1. The van der Waals surface area contributed by atoms with Crippen molar-refractivity contribution in [2.24, 2.45) is 5.73 Å². The van der Waals surface area contributed by atoms with E-state index in [-0.39, 0.29) is 11.9 Å². The summed E-state index contributed by atoms with van der Waals surface area (Å²) in [7, 11) is 1.63. The fraction of sp³-hybridized carbons (Fsp3) is 0.214. The first-order chi connectivity index (χ1) is 9.54. The first kappa shape index (κ1) is 14.2. The molecule has 0 fully saturated rings. The number of hydrogen-bond donors (Lipinski definition) is 1. The van der Waals surface area contributed by atoms with Crippen LogP contribution in [0.4, 0.5) is 5.69 Å². The van der Waals surface area contributed by atoms with Crippen LogP contribution in [-0.4, -0.2) is 17.9 Å². The van der Waals surface area contributed by atoms with Crippen molar-refractivity contribution in [2.75, 3.05) is 11.9 Å². The van der Waals surface area contributed by atoms with Crippen molar-refractivity contribution in [3.8, 4) is 6.07 Å². The van der Waals surface area contributed by atoms with Crippen LogP contribution in [0.3, 0.4) is 0 Å². The molecule has 5 nitrogen and oxygen atoms in total. The summed E-state index contributed by atoms with van der Waals surface area (Å²) in [5.41, 5.74) is 7.10. The van der Waals surface area contributed by atoms with E-state index in [2.05, 4.69) is 11.1 Å². The highest BCUT2D eigenvalue weighted by Crippen LogP contribution is 2.22. The van der Waals surface area contributed by atoms with Crippen LogP contribution in [0.25, 0.3) is 0 Å². The zero-order chi connectivity index (χ0) is 14.7. The largest absolute Gasteiger partial charge is 0.322 e. The van der Waals surface area contributed by atoms with Gasteiger partial charge in [-0.2, -0.15) is 5.26 Å². The smallest absolute Gasteiger partial charge is 0.277 e. The van der Waals surface area contributed by atoms with Crippen LogP contribution in [-0.2, 0) is 0 Å². The van der Waals surface area contributed by atoms with Crippen LogP contribution in [0.2, 0.25) is 0 Å². The summed E-state index contributed by atoms with van der Waals surface area (Å²) in [6.45, 7) is 1.82. The molecule has 1 aromatic carbocycles. The second-order valence-corrected chi connectivity index (χ2v) is 5.24. The maximum absolute atomic E-state index is 12.4. The monoisotopic (exact) mass is 286 g/mol. The van der Waals surface area contributed by atoms with Gasteiger partial charge in [0.25, 0.3) is 5.91 Å². The minimum atomic E-state index is -0.254. The van der Waals surface area contributed by atoms with Gasteiger partial charge >= 0.3 is 0 Å². The summed E-state index contributed by atoms with van der Waals surface area (Å²) < 4.78 is 0. The molecule has 0 radical (unpaired) electrons. The van der Waals surface area contributed by atoms with Gasteiger partial charge in [0, 0.05) is 12.4 Å². The lowest BCUT2D eigenvalue weighted by Crippen LogP contribution is -2.27. The molecule has 1 amide bonds. The Morgan fingerprint density at radius 2 is 2.20 bits per heavy atom. The number of aromatic nitrogens is 1. The van der Waals surface area contributed by atoms with E-state index < -0.39 is 0 Å². The Kier molecular flexibility index (Phi) is 4.13. The van der Waals surface area contributed by atoms with Crippen molar-refractivity contribution in [1.82, 2.24) is 4.98 Å². The molecule has 6 heteroatoms. The third-order valence-corrected chi connectivity index (χ3v) is 3.87.